The predicted octanol–water partition coefficient (Wildman–Crippen LogP) is 3.79. The summed E-state index contributed by atoms with van der Waals surface area (Å²) in [5.74, 6) is 0.681. The molecule has 0 aliphatic carbocycles. The minimum atomic E-state index is -0.358. The zero-order valence-electron chi connectivity index (χ0n) is 13.2. The van der Waals surface area contributed by atoms with E-state index in [0.29, 0.717) is 12.0 Å². The molecule has 1 aromatic rings. The van der Waals surface area contributed by atoms with Crippen LogP contribution in [0.15, 0.2) is 24.3 Å². The van der Waals surface area contributed by atoms with Crippen molar-refractivity contribution in [1.29, 1.82) is 0 Å². The van der Waals surface area contributed by atoms with E-state index in [4.69, 9.17) is 0 Å². The van der Waals surface area contributed by atoms with Gasteiger partial charge in [0.05, 0.1) is 6.10 Å². The lowest BCUT2D eigenvalue weighted by atomic mass is 9.99. The molecule has 1 heterocycles. The average molecular weight is 275 g/mol. The van der Waals surface area contributed by atoms with Gasteiger partial charge in [0.15, 0.2) is 0 Å². The number of hydrogen-bond acceptors (Lipinski definition) is 2. The SMILES string of the molecule is CC(C)Cc1ccc(C(O)CN2CCCCC2C)cc1. The number of aliphatic hydroxyl groups excluding tert-OH is 1. The summed E-state index contributed by atoms with van der Waals surface area (Å²) in [7, 11) is 0. The molecule has 112 valence electrons. The Labute approximate surface area is 123 Å². The largest absolute Gasteiger partial charge is 0.387 e. The molecule has 1 aliphatic rings. The summed E-state index contributed by atoms with van der Waals surface area (Å²) in [6, 6.07) is 9.13. The first-order chi connectivity index (χ1) is 9.56. The van der Waals surface area contributed by atoms with Crippen molar-refractivity contribution in [3.8, 4) is 0 Å². The molecule has 0 aromatic heterocycles. The molecule has 1 aliphatic heterocycles. The number of aliphatic hydroxyl groups is 1. The Hall–Kier alpha value is -0.860. The highest BCUT2D eigenvalue weighted by Crippen LogP contribution is 2.22. The summed E-state index contributed by atoms with van der Waals surface area (Å²) < 4.78 is 0. The number of benzene rings is 1. The van der Waals surface area contributed by atoms with Crippen molar-refractivity contribution >= 4 is 0 Å². The number of piperidine rings is 1. The van der Waals surface area contributed by atoms with Crippen LogP contribution in [0.2, 0.25) is 0 Å². The number of likely N-dealkylation sites (tertiary alicyclic amines) is 1. The molecule has 20 heavy (non-hydrogen) atoms. The first kappa shape index (κ1) is 15.5. The smallest absolute Gasteiger partial charge is 0.0917 e. The Morgan fingerprint density at radius 2 is 1.90 bits per heavy atom. The molecule has 1 aromatic carbocycles. The van der Waals surface area contributed by atoms with Gasteiger partial charge in [0.2, 0.25) is 0 Å². The number of nitrogens with zero attached hydrogens (tertiary/aromatic N) is 1. The third kappa shape index (κ3) is 4.32. The molecule has 2 nitrogen and oxygen atoms in total. The van der Waals surface area contributed by atoms with Gasteiger partial charge >= 0.3 is 0 Å². The van der Waals surface area contributed by atoms with Crippen LogP contribution in [0.4, 0.5) is 0 Å². The van der Waals surface area contributed by atoms with Crippen LogP contribution in [0.1, 0.15) is 57.3 Å². The Morgan fingerprint density at radius 1 is 1.20 bits per heavy atom. The molecule has 0 bridgehead atoms. The van der Waals surface area contributed by atoms with Crippen LogP contribution in [0, 0.1) is 5.92 Å². The molecule has 0 amide bonds. The normalized spacial score (nSPS) is 22.1. The van der Waals surface area contributed by atoms with Crippen LogP contribution >= 0.6 is 0 Å². The van der Waals surface area contributed by atoms with Crippen molar-refractivity contribution in [3.63, 3.8) is 0 Å². The van der Waals surface area contributed by atoms with Crippen molar-refractivity contribution in [2.75, 3.05) is 13.1 Å². The zero-order chi connectivity index (χ0) is 14.5. The maximum Gasteiger partial charge on any atom is 0.0917 e. The first-order valence-electron chi connectivity index (χ1n) is 8.07. The number of hydrogen-bond donors (Lipinski definition) is 1. The molecule has 0 saturated carbocycles. The molecule has 1 N–H and O–H groups in total. The Balaban J connectivity index is 1.93. The molecular formula is C18H29NO. The third-order valence-electron chi connectivity index (χ3n) is 4.36. The number of rotatable bonds is 5. The van der Waals surface area contributed by atoms with Crippen LogP contribution in [0.5, 0.6) is 0 Å². The van der Waals surface area contributed by atoms with E-state index in [0.717, 1.165) is 25.1 Å². The van der Waals surface area contributed by atoms with E-state index in [9.17, 15) is 5.11 Å². The van der Waals surface area contributed by atoms with Gasteiger partial charge in [-0.1, -0.05) is 44.5 Å². The van der Waals surface area contributed by atoms with E-state index >= 15 is 0 Å². The summed E-state index contributed by atoms with van der Waals surface area (Å²) in [6.45, 7) is 8.65. The van der Waals surface area contributed by atoms with Crippen molar-refractivity contribution in [2.45, 2.75) is 58.6 Å². The molecular weight excluding hydrogens is 246 g/mol. The van der Waals surface area contributed by atoms with Crippen LogP contribution in [0.3, 0.4) is 0 Å². The lowest BCUT2D eigenvalue weighted by Gasteiger charge is -2.34. The van der Waals surface area contributed by atoms with Gasteiger partial charge in [0, 0.05) is 12.6 Å². The Kier molecular flexibility index (Phi) is 5.62. The molecule has 2 unspecified atom stereocenters. The predicted molar refractivity (Wildman–Crippen MR) is 84.8 cm³/mol. The Morgan fingerprint density at radius 3 is 2.50 bits per heavy atom. The van der Waals surface area contributed by atoms with Gasteiger partial charge in [-0.15, -0.1) is 0 Å². The topological polar surface area (TPSA) is 23.5 Å². The van der Waals surface area contributed by atoms with Crippen LogP contribution in [0.25, 0.3) is 0 Å². The second kappa shape index (κ2) is 7.24. The molecule has 0 radical (unpaired) electrons. The zero-order valence-corrected chi connectivity index (χ0v) is 13.2. The summed E-state index contributed by atoms with van der Waals surface area (Å²) >= 11 is 0. The van der Waals surface area contributed by atoms with Gasteiger partial charge in [-0.3, -0.25) is 4.90 Å². The highest BCUT2D eigenvalue weighted by atomic mass is 16.3. The maximum atomic E-state index is 10.4. The maximum absolute atomic E-state index is 10.4. The highest BCUT2D eigenvalue weighted by molar-refractivity contribution is 5.24. The van der Waals surface area contributed by atoms with Gasteiger partial charge in [0.1, 0.15) is 0 Å². The van der Waals surface area contributed by atoms with E-state index in [1.807, 2.05) is 0 Å². The lowest BCUT2D eigenvalue weighted by molar-refractivity contribution is 0.0732. The van der Waals surface area contributed by atoms with E-state index in [2.05, 4.69) is 49.9 Å². The summed E-state index contributed by atoms with van der Waals surface area (Å²) in [5.41, 5.74) is 2.41. The highest BCUT2D eigenvalue weighted by Gasteiger charge is 2.21. The van der Waals surface area contributed by atoms with E-state index in [1.54, 1.807) is 0 Å². The van der Waals surface area contributed by atoms with Crippen molar-refractivity contribution in [1.82, 2.24) is 4.90 Å². The summed E-state index contributed by atoms with van der Waals surface area (Å²) in [5, 5.41) is 10.4. The quantitative estimate of drug-likeness (QED) is 0.883. The monoisotopic (exact) mass is 275 g/mol. The molecule has 2 heteroatoms. The lowest BCUT2D eigenvalue weighted by Crippen LogP contribution is -2.40. The molecule has 0 spiro atoms. The van der Waals surface area contributed by atoms with Crippen molar-refractivity contribution in [3.05, 3.63) is 35.4 Å². The Bertz CT molecular complexity index is 398. The van der Waals surface area contributed by atoms with E-state index in [1.165, 1.54) is 24.8 Å². The molecule has 1 fully saturated rings. The molecule has 1 saturated heterocycles. The second-order valence-electron chi connectivity index (χ2n) is 6.70. The molecule has 2 rings (SSSR count). The first-order valence-corrected chi connectivity index (χ1v) is 8.07. The third-order valence-corrected chi connectivity index (χ3v) is 4.36. The minimum Gasteiger partial charge on any atom is -0.387 e. The van der Waals surface area contributed by atoms with E-state index in [-0.39, 0.29) is 6.10 Å². The van der Waals surface area contributed by atoms with E-state index < -0.39 is 0 Å². The fourth-order valence-electron chi connectivity index (χ4n) is 3.10. The summed E-state index contributed by atoms with van der Waals surface area (Å²) in [4.78, 5) is 2.43. The minimum absolute atomic E-state index is 0.358. The summed E-state index contributed by atoms with van der Waals surface area (Å²) in [6.07, 6.45) is 4.62. The van der Waals surface area contributed by atoms with Crippen LogP contribution in [-0.2, 0) is 6.42 Å². The standard InChI is InChI=1S/C18H29NO/c1-14(2)12-16-7-9-17(10-8-16)18(20)13-19-11-5-4-6-15(19)3/h7-10,14-15,18,20H,4-6,11-13H2,1-3H3. The fraction of sp³-hybridized carbons (Fsp3) is 0.667. The van der Waals surface area contributed by atoms with Gasteiger partial charge in [-0.25, -0.2) is 0 Å². The van der Waals surface area contributed by atoms with Gasteiger partial charge in [0.25, 0.3) is 0 Å². The van der Waals surface area contributed by atoms with Crippen LogP contribution < -0.4 is 0 Å². The number of β-amino-alcohol motifs (C(OH)–C–C–N with tert-alkyl or cyclic N) is 1. The fourth-order valence-corrected chi connectivity index (χ4v) is 3.10. The average Bonchev–Trinajstić information content (AvgIpc) is 2.41. The van der Waals surface area contributed by atoms with Gasteiger partial charge in [-0.2, -0.15) is 0 Å². The van der Waals surface area contributed by atoms with Crippen LogP contribution in [-0.4, -0.2) is 29.1 Å². The van der Waals surface area contributed by atoms with Gasteiger partial charge < -0.3 is 5.11 Å². The second-order valence-corrected chi connectivity index (χ2v) is 6.70. The van der Waals surface area contributed by atoms with Gasteiger partial charge in [-0.05, 0) is 49.8 Å². The van der Waals surface area contributed by atoms with Crippen molar-refractivity contribution < 1.29 is 5.11 Å². The van der Waals surface area contributed by atoms with Crippen molar-refractivity contribution in [2.24, 2.45) is 5.92 Å². The molecule has 2 atom stereocenters.